The van der Waals surface area contributed by atoms with Crippen LogP contribution in [0.4, 0.5) is 0 Å². The molecule has 1 atom stereocenters. The Bertz CT molecular complexity index is 157. The van der Waals surface area contributed by atoms with E-state index in [2.05, 4.69) is 10.7 Å². The predicted octanol–water partition coefficient (Wildman–Crippen LogP) is 0.588. The maximum Gasteiger partial charge on any atom is 0.332 e. The summed E-state index contributed by atoms with van der Waals surface area (Å²) in [6, 6.07) is 0. The Kier molecular flexibility index (Phi) is 5.22. The van der Waals surface area contributed by atoms with Gasteiger partial charge in [-0.2, -0.15) is 0 Å². The highest BCUT2D eigenvalue weighted by Crippen LogP contribution is 1.88. The first-order valence-electron chi connectivity index (χ1n) is 3.44. The van der Waals surface area contributed by atoms with Crippen molar-refractivity contribution >= 4 is 5.97 Å². The van der Waals surface area contributed by atoms with E-state index in [-0.39, 0.29) is 18.7 Å². The average Bonchev–Trinajstić information content (AvgIpc) is 2.01. The number of carbonyl (C=O) groups excluding carboxylic acids is 1. The summed E-state index contributed by atoms with van der Waals surface area (Å²) in [5.41, 5.74) is 0. The van der Waals surface area contributed by atoms with Gasteiger partial charge in [-0.05, 0) is 13.8 Å². The van der Waals surface area contributed by atoms with Gasteiger partial charge in [-0.1, -0.05) is 5.92 Å². The van der Waals surface area contributed by atoms with Crippen molar-refractivity contribution in [1.29, 1.82) is 0 Å². The summed E-state index contributed by atoms with van der Waals surface area (Å²) in [6.07, 6.45) is 4.67. The summed E-state index contributed by atoms with van der Waals surface area (Å²) in [6.45, 7) is 3.73. The standard InChI is InChI=1S/C8H12O3/c1-4-7(3)11-6-8(9)10-5-2/h1,7H,5-6H2,2-3H3. The van der Waals surface area contributed by atoms with Crippen LogP contribution in [0.15, 0.2) is 0 Å². The Morgan fingerprint density at radius 2 is 2.36 bits per heavy atom. The summed E-state index contributed by atoms with van der Waals surface area (Å²) in [4.78, 5) is 10.6. The molecule has 0 heterocycles. The van der Waals surface area contributed by atoms with Crippen molar-refractivity contribution in [2.45, 2.75) is 20.0 Å². The van der Waals surface area contributed by atoms with E-state index in [0.29, 0.717) is 6.61 Å². The number of terminal acetylenes is 1. The van der Waals surface area contributed by atoms with Gasteiger partial charge < -0.3 is 9.47 Å². The highest BCUT2D eigenvalue weighted by atomic mass is 16.6. The van der Waals surface area contributed by atoms with E-state index in [1.54, 1.807) is 13.8 Å². The molecule has 1 unspecified atom stereocenters. The van der Waals surface area contributed by atoms with Crippen molar-refractivity contribution in [3.63, 3.8) is 0 Å². The molecule has 0 N–H and O–H groups in total. The molecule has 11 heavy (non-hydrogen) atoms. The number of hydrogen-bond donors (Lipinski definition) is 0. The third-order valence-electron chi connectivity index (χ3n) is 0.991. The Morgan fingerprint density at radius 1 is 1.73 bits per heavy atom. The van der Waals surface area contributed by atoms with Crippen LogP contribution in [0.3, 0.4) is 0 Å². The lowest BCUT2D eigenvalue weighted by molar-refractivity contribution is -0.149. The quantitative estimate of drug-likeness (QED) is 0.441. The van der Waals surface area contributed by atoms with Gasteiger partial charge in [-0.3, -0.25) is 0 Å². The van der Waals surface area contributed by atoms with E-state index in [0.717, 1.165) is 0 Å². The third kappa shape index (κ3) is 5.43. The van der Waals surface area contributed by atoms with E-state index in [1.807, 2.05) is 0 Å². The molecule has 0 aliphatic rings. The Hall–Kier alpha value is -1.01. The van der Waals surface area contributed by atoms with Crippen LogP contribution in [0.5, 0.6) is 0 Å². The van der Waals surface area contributed by atoms with E-state index in [9.17, 15) is 4.79 Å². The van der Waals surface area contributed by atoms with Gasteiger partial charge >= 0.3 is 5.97 Å². The zero-order valence-electron chi connectivity index (χ0n) is 6.79. The van der Waals surface area contributed by atoms with Crippen LogP contribution in [0.1, 0.15) is 13.8 Å². The van der Waals surface area contributed by atoms with Crippen molar-refractivity contribution in [1.82, 2.24) is 0 Å². The summed E-state index contributed by atoms with van der Waals surface area (Å²) >= 11 is 0. The first-order chi connectivity index (χ1) is 5.20. The smallest absolute Gasteiger partial charge is 0.332 e. The third-order valence-corrected chi connectivity index (χ3v) is 0.991. The molecule has 62 valence electrons. The van der Waals surface area contributed by atoms with Gasteiger partial charge in [-0.15, -0.1) is 6.42 Å². The molecule has 0 saturated carbocycles. The maximum atomic E-state index is 10.6. The fourth-order valence-corrected chi connectivity index (χ4v) is 0.444. The molecule has 0 amide bonds. The number of carbonyl (C=O) groups is 1. The lowest BCUT2D eigenvalue weighted by Crippen LogP contribution is -2.16. The lowest BCUT2D eigenvalue weighted by Gasteiger charge is -2.05. The van der Waals surface area contributed by atoms with E-state index < -0.39 is 0 Å². The van der Waals surface area contributed by atoms with Crippen LogP contribution in [-0.2, 0) is 14.3 Å². The lowest BCUT2D eigenvalue weighted by atomic mass is 10.4. The van der Waals surface area contributed by atoms with Gasteiger partial charge in [0, 0.05) is 0 Å². The summed E-state index contributed by atoms with van der Waals surface area (Å²) in [5.74, 6) is 1.95. The molecular weight excluding hydrogens is 144 g/mol. The Morgan fingerprint density at radius 3 is 2.82 bits per heavy atom. The van der Waals surface area contributed by atoms with Gasteiger partial charge in [0.1, 0.15) is 12.7 Å². The normalized spacial score (nSPS) is 11.7. The van der Waals surface area contributed by atoms with Crippen LogP contribution >= 0.6 is 0 Å². The van der Waals surface area contributed by atoms with Crippen LogP contribution < -0.4 is 0 Å². The first kappa shape index (κ1) is 9.99. The summed E-state index contributed by atoms with van der Waals surface area (Å²) in [5, 5.41) is 0. The van der Waals surface area contributed by atoms with Crippen LogP contribution in [0.2, 0.25) is 0 Å². The average molecular weight is 156 g/mol. The van der Waals surface area contributed by atoms with Crippen molar-refractivity contribution < 1.29 is 14.3 Å². The molecule has 3 nitrogen and oxygen atoms in total. The van der Waals surface area contributed by atoms with Crippen molar-refractivity contribution in [3.8, 4) is 12.3 Å². The van der Waals surface area contributed by atoms with Crippen molar-refractivity contribution in [2.24, 2.45) is 0 Å². The number of hydrogen-bond acceptors (Lipinski definition) is 3. The molecule has 3 heteroatoms. The zero-order valence-corrected chi connectivity index (χ0v) is 6.79. The molecule has 0 aromatic heterocycles. The number of rotatable bonds is 4. The molecule has 0 saturated heterocycles. The molecule has 0 spiro atoms. The highest BCUT2D eigenvalue weighted by Gasteiger charge is 2.03. The highest BCUT2D eigenvalue weighted by molar-refractivity contribution is 5.70. The van der Waals surface area contributed by atoms with Crippen LogP contribution in [0.25, 0.3) is 0 Å². The van der Waals surface area contributed by atoms with E-state index >= 15 is 0 Å². The molecule has 0 aromatic rings. The molecular formula is C8H12O3. The van der Waals surface area contributed by atoms with Gasteiger partial charge in [0.2, 0.25) is 0 Å². The first-order valence-corrected chi connectivity index (χ1v) is 3.44. The zero-order chi connectivity index (χ0) is 8.69. The molecule has 0 bridgehead atoms. The maximum absolute atomic E-state index is 10.6. The van der Waals surface area contributed by atoms with Crippen molar-refractivity contribution in [2.75, 3.05) is 13.2 Å². The SMILES string of the molecule is C#CC(C)OCC(=O)OCC. The van der Waals surface area contributed by atoms with Gasteiger partial charge in [-0.25, -0.2) is 4.79 Å². The van der Waals surface area contributed by atoms with Gasteiger partial charge in [0.15, 0.2) is 0 Å². The molecule has 0 aliphatic heterocycles. The van der Waals surface area contributed by atoms with E-state index in [1.165, 1.54) is 0 Å². The molecule has 0 radical (unpaired) electrons. The van der Waals surface area contributed by atoms with Gasteiger partial charge in [0.25, 0.3) is 0 Å². The van der Waals surface area contributed by atoms with Gasteiger partial charge in [0.05, 0.1) is 6.61 Å². The molecule has 0 fully saturated rings. The van der Waals surface area contributed by atoms with E-state index in [4.69, 9.17) is 11.2 Å². The van der Waals surface area contributed by atoms with Crippen LogP contribution in [-0.4, -0.2) is 25.3 Å². The van der Waals surface area contributed by atoms with Crippen LogP contribution in [0, 0.1) is 12.3 Å². The largest absolute Gasteiger partial charge is 0.464 e. The Labute approximate surface area is 66.7 Å². The molecule has 0 aliphatic carbocycles. The molecule has 0 aromatic carbocycles. The second-order valence-electron chi connectivity index (χ2n) is 1.92. The second-order valence-corrected chi connectivity index (χ2v) is 1.92. The minimum absolute atomic E-state index is 0.0702. The predicted molar refractivity (Wildman–Crippen MR) is 40.9 cm³/mol. The van der Waals surface area contributed by atoms with Crippen molar-refractivity contribution in [3.05, 3.63) is 0 Å². The fraction of sp³-hybridized carbons (Fsp3) is 0.625. The topological polar surface area (TPSA) is 35.5 Å². The minimum atomic E-state index is -0.380. The Balaban J connectivity index is 3.39. The monoisotopic (exact) mass is 156 g/mol. The number of esters is 1. The minimum Gasteiger partial charge on any atom is -0.464 e. The summed E-state index contributed by atoms with van der Waals surface area (Å²) in [7, 11) is 0. The molecule has 0 rings (SSSR count). The second kappa shape index (κ2) is 5.75. The number of ether oxygens (including phenoxy) is 2. The summed E-state index contributed by atoms with van der Waals surface area (Å²) < 4.78 is 9.50. The fourth-order valence-electron chi connectivity index (χ4n) is 0.444.